The van der Waals surface area contributed by atoms with E-state index >= 15 is 0 Å². The second kappa shape index (κ2) is 5.66. The molecule has 1 N–H and O–H groups in total. The van der Waals surface area contributed by atoms with Gasteiger partial charge in [-0.3, -0.25) is 0 Å². The lowest BCUT2D eigenvalue weighted by atomic mass is 9.74. The van der Waals surface area contributed by atoms with Gasteiger partial charge in [0.15, 0.2) is 0 Å². The zero-order valence-electron chi connectivity index (χ0n) is 13.2. The van der Waals surface area contributed by atoms with Crippen LogP contribution in [-0.4, -0.2) is 13.6 Å². The number of rotatable bonds is 3. The Kier molecular flexibility index (Phi) is 4.35. The van der Waals surface area contributed by atoms with Crippen LogP contribution in [0.3, 0.4) is 0 Å². The summed E-state index contributed by atoms with van der Waals surface area (Å²) >= 11 is 0. The smallest absolute Gasteiger partial charge is 0.00461 e. The van der Waals surface area contributed by atoms with Gasteiger partial charge in [-0.2, -0.15) is 0 Å². The Morgan fingerprint density at radius 3 is 2.63 bits per heavy atom. The van der Waals surface area contributed by atoms with Gasteiger partial charge in [-0.15, -0.1) is 0 Å². The highest BCUT2D eigenvalue weighted by Gasteiger charge is 2.26. The summed E-state index contributed by atoms with van der Waals surface area (Å²) in [7, 11) is 2.05. The third-order valence-corrected chi connectivity index (χ3v) is 4.45. The van der Waals surface area contributed by atoms with E-state index in [0.29, 0.717) is 0 Å². The average molecular weight is 259 g/mol. The molecule has 0 saturated carbocycles. The summed E-state index contributed by atoms with van der Waals surface area (Å²) in [6.07, 6.45) is 3.87. The molecule has 1 aromatic rings. The van der Waals surface area contributed by atoms with E-state index in [2.05, 4.69) is 58.3 Å². The summed E-state index contributed by atoms with van der Waals surface area (Å²) in [4.78, 5) is 0. The molecule has 1 nitrogen and oxygen atoms in total. The van der Waals surface area contributed by atoms with Gasteiger partial charge in [0.25, 0.3) is 0 Å². The van der Waals surface area contributed by atoms with E-state index in [1.165, 1.54) is 24.8 Å². The predicted molar refractivity (Wildman–Crippen MR) is 83.9 cm³/mol. The van der Waals surface area contributed by atoms with Gasteiger partial charge in [-0.25, -0.2) is 0 Å². The highest BCUT2D eigenvalue weighted by atomic mass is 14.8. The first-order valence-electron chi connectivity index (χ1n) is 7.69. The molecule has 0 spiro atoms. The summed E-state index contributed by atoms with van der Waals surface area (Å²) in [5, 5.41) is 3.31. The molecule has 0 aromatic heterocycles. The fraction of sp³-hybridized carbons (Fsp3) is 0.667. The van der Waals surface area contributed by atoms with Crippen LogP contribution in [0.4, 0.5) is 0 Å². The van der Waals surface area contributed by atoms with E-state index in [9.17, 15) is 0 Å². The lowest BCUT2D eigenvalue weighted by Gasteiger charge is -2.32. The molecule has 0 aliphatic heterocycles. The van der Waals surface area contributed by atoms with Crippen LogP contribution >= 0.6 is 0 Å². The zero-order valence-corrected chi connectivity index (χ0v) is 13.2. The second-order valence-corrected chi connectivity index (χ2v) is 7.30. The molecule has 1 aliphatic rings. The topological polar surface area (TPSA) is 12.0 Å². The van der Waals surface area contributed by atoms with Crippen molar-refractivity contribution < 1.29 is 0 Å². The molecule has 0 radical (unpaired) electrons. The minimum Gasteiger partial charge on any atom is -0.320 e. The van der Waals surface area contributed by atoms with E-state index in [4.69, 9.17) is 0 Å². The summed E-state index contributed by atoms with van der Waals surface area (Å²) < 4.78 is 0. The van der Waals surface area contributed by atoms with Gasteiger partial charge in [0.1, 0.15) is 0 Å². The highest BCUT2D eigenvalue weighted by molar-refractivity contribution is 5.39. The molecule has 0 fully saturated rings. The molecule has 2 rings (SSSR count). The maximum absolute atomic E-state index is 3.31. The van der Waals surface area contributed by atoms with Crippen LogP contribution in [0.25, 0.3) is 0 Å². The van der Waals surface area contributed by atoms with Gasteiger partial charge < -0.3 is 5.32 Å². The molecule has 1 heteroatoms. The first kappa shape index (κ1) is 14.6. The van der Waals surface area contributed by atoms with Gasteiger partial charge in [-0.05, 0) is 66.8 Å². The Labute approximate surface area is 118 Å². The number of hydrogen-bond acceptors (Lipinski definition) is 1. The lowest BCUT2D eigenvalue weighted by Crippen LogP contribution is -2.22. The zero-order chi connectivity index (χ0) is 14.0. The molecule has 2 unspecified atom stereocenters. The van der Waals surface area contributed by atoms with Crippen LogP contribution in [-0.2, 0) is 11.8 Å². The maximum atomic E-state index is 3.31. The van der Waals surface area contributed by atoms with Gasteiger partial charge in [0, 0.05) is 0 Å². The number of hydrogen-bond donors (Lipinski definition) is 1. The van der Waals surface area contributed by atoms with Crippen LogP contribution in [0.15, 0.2) is 18.2 Å². The molecular formula is C18H29N. The Hall–Kier alpha value is -0.820. The quantitative estimate of drug-likeness (QED) is 0.855. The summed E-state index contributed by atoms with van der Waals surface area (Å²) in [6, 6.07) is 7.21. The van der Waals surface area contributed by atoms with Crippen molar-refractivity contribution in [2.24, 2.45) is 5.92 Å². The van der Waals surface area contributed by atoms with E-state index in [-0.39, 0.29) is 5.41 Å². The lowest BCUT2D eigenvalue weighted by molar-refractivity contribution is 0.411. The van der Waals surface area contributed by atoms with Gasteiger partial charge >= 0.3 is 0 Å². The molecule has 1 aromatic carbocycles. The summed E-state index contributed by atoms with van der Waals surface area (Å²) in [5.74, 6) is 1.57. The molecule has 1 aliphatic carbocycles. The molecule has 106 valence electrons. The van der Waals surface area contributed by atoms with Crippen LogP contribution in [0, 0.1) is 5.92 Å². The van der Waals surface area contributed by atoms with Crippen molar-refractivity contribution in [3.63, 3.8) is 0 Å². The minimum absolute atomic E-state index is 0.256. The van der Waals surface area contributed by atoms with Crippen molar-refractivity contribution in [3.05, 3.63) is 34.9 Å². The number of nitrogens with one attached hydrogen (secondary N) is 1. The Bertz CT molecular complexity index is 428. The van der Waals surface area contributed by atoms with E-state index in [1.807, 2.05) is 0 Å². The minimum atomic E-state index is 0.256. The fourth-order valence-corrected chi connectivity index (χ4v) is 3.29. The maximum Gasteiger partial charge on any atom is -0.00461 e. The molecule has 19 heavy (non-hydrogen) atoms. The largest absolute Gasteiger partial charge is 0.320 e. The van der Waals surface area contributed by atoms with Crippen molar-refractivity contribution in [2.45, 2.75) is 58.3 Å². The van der Waals surface area contributed by atoms with E-state index in [1.54, 1.807) is 11.1 Å². The third kappa shape index (κ3) is 3.39. The SMILES string of the molecule is CNCCC1CC(C)Cc2ccc(C(C)(C)C)cc21. The molecule has 0 amide bonds. The van der Waals surface area contributed by atoms with Gasteiger partial charge in [-0.1, -0.05) is 45.9 Å². The molecule has 0 heterocycles. The van der Waals surface area contributed by atoms with Crippen LogP contribution < -0.4 is 5.32 Å². The molecular weight excluding hydrogens is 230 g/mol. The van der Waals surface area contributed by atoms with Crippen molar-refractivity contribution in [1.29, 1.82) is 0 Å². The number of benzene rings is 1. The average Bonchev–Trinajstić information content (AvgIpc) is 2.34. The second-order valence-electron chi connectivity index (χ2n) is 7.30. The van der Waals surface area contributed by atoms with Crippen molar-refractivity contribution in [2.75, 3.05) is 13.6 Å². The number of fused-ring (bicyclic) bond motifs is 1. The van der Waals surface area contributed by atoms with Crippen LogP contribution in [0.1, 0.15) is 63.1 Å². The Morgan fingerprint density at radius 2 is 2.00 bits per heavy atom. The van der Waals surface area contributed by atoms with Gasteiger partial charge in [0.2, 0.25) is 0 Å². The van der Waals surface area contributed by atoms with Crippen molar-refractivity contribution >= 4 is 0 Å². The van der Waals surface area contributed by atoms with E-state index in [0.717, 1.165) is 18.4 Å². The Balaban J connectivity index is 2.33. The third-order valence-electron chi connectivity index (χ3n) is 4.45. The highest BCUT2D eigenvalue weighted by Crippen LogP contribution is 2.38. The molecule has 0 bridgehead atoms. The first-order valence-corrected chi connectivity index (χ1v) is 7.69. The van der Waals surface area contributed by atoms with Crippen LogP contribution in [0.2, 0.25) is 0 Å². The fourth-order valence-electron chi connectivity index (χ4n) is 3.29. The van der Waals surface area contributed by atoms with Crippen molar-refractivity contribution in [3.8, 4) is 0 Å². The van der Waals surface area contributed by atoms with E-state index < -0.39 is 0 Å². The van der Waals surface area contributed by atoms with Crippen molar-refractivity contribution in [1.82, 2.24) is 5.32 Å². The Morgan fingerprint density at radius 1 is 1.26 bits per heavy atom. The normalized spacial score (nSPS) is 23.2. The molecule has 2 atom stereocenters. The van der Waals surface area contributed by atoms with Crippen LogP contribution in [0.5, 0.6) is 0 Å². The van der Waals surface area contributed by atoms with Gasteiger partial charge in [0.05, 0.1) is 0 Å². The first-order chi connectivity index (χ1) is 8.91. The molecule has 0 saturated heterocycles. The standard InChI is InChI=1S/C18H29N/c1-13-10-14-6-7-16(18(2,3)4)12-17(14)15(11-13)8-9-19-5/h6-7,12-13,15,19H,8-11H2,1-5H3. The monoisotopic (exact) mass is 259 g/mol. The summed E-state index contributed by atoms with van der Waals surface area (Å²) in [6.45, 7) is 10.4. The predicted octanol–water partition coefficient (Wildman–Crippen LogP) is 4.26. The summed E-state index contributed by atoms with van der Waals surface area (Å²) in [5.41, 5.74) is 4.95.